The van der Waals surface area contributed by atoms with Gasteiger partial charge in [0.15, 0.2) is 0 Å². The van der Waals surface area contributed by atoms with Gasteiger partial charge in [0, 0.05) is 25.3 Å². The maximum atomic E-state index is 12.4. The molecule has 0 bridgehead atoms. The first kappa shape index (κ1) is 15.0. The van der Waals surface area contributed by atoms with Gasteiger partial charge in [0.05, 0.1) is 11.5 Å². The van der Waals surface area contributed by atoms with E-state index >= 15 is 0 Å². The van der Waals surface area contributed by atoms with Gasteiger partial charge in [0.2, 0.25) is 10.0 Å². The van der Waals surface area contributed by atoms with Crippen LogP contribution < -0.4 is 5.14 Å². The van der Waals surface area contributed by atoms with Crippen LogP contribution in [-0.2, 0) is 14.8 Å². The minimum Gasteiger partial charge on any atom is -0.383 e. The molecular formula is C13H18N2O4S. The van der Waals surface area contributed by atoms with Crippen LogP contribution in [0.2, 0.25) is 0 Å². The van der Waals surface area contributed by atoms with Gasteiger partial charge in [-0.1, -0.05) is 0 Å². The second kappa shape index (κ2) is 5.90. The molecule has 110 valence electrons. The third-order valence-corrected chi connectivity index (χ3v) is 4.14. The van der Waals surface area contributed by atoms with Crippen molar-refractivity contribution in [2.45, 2.75) is 23.8 Å². The molecule has 7 heteroatoms. The molecule has 20 heavy (non-hydrogen) atoms. The predicted molar refractivity (Wildman–Crippen MR) is 73.7 cm³/mol. The number of methoxy groups -OCH3 is 1. The summed E-state index contributed by atoms with van der Waals surface area (Å²) in [5.74, 6) is -0.106. The van der Waals surface area contributed by atoms with E-state index in [1.54, 1.807) is 12.0 Å². The smallest absolute Gasteiger partial charge is 0.254 e. The zero-order chi connectivity index (χ0) is 14.8. The summed E-state index contributed by atoms with van der Waals surface area (Å²) in [6.07, 6.45) is 2.01. The molecular weight excluding hydrogens is 280 g/mol. The van der Waals surface area contributed by atoms with E-state index in [0.717, 1.165) is 12.8 Å². The van der Waals surface area contributed by atoms with Crippen molar-refractivity contribution in [2.24, 2.45) is 5.14 Å². The Morgan fingerprint density at radius 1 is 1.35 bits per heavy atom. The van der Waals surface area contributed by atoms with Crippen molar-refractivity contribution < 1.29 is 17.9 Å². The van der Waals surface area contributed by atoms with E-state index in [4.69, 9.17) is 9.88 Å². The highest BCUT2D eigenvalue weighted by Gasteiger charge is 2.32. The van der Waals surface area contributed by atoms with Gasteiger partial charge < -0.3 is 9.64 Å². The summed E-state index contributed by atoms with van der Waals surface area (Å²) < 4.78 is 27.4. The summed E-state index contributed by atoms with van der Waals surface area (Å²) in [6, 6.07) is 5.96. The van der Waals surface area contributed by atoms with Crippen molar-refractivity contribution in [1.29, 1.82) is 0 Å². The molecule has 1 aliphatic carbocycles. The van der Waals surface area contributed by atoms with E-state index in [9.17, 15) is 13.2 Å². The number of sulfonamides is 1. The number of primary sulfonamides is 1. The van der Waals surface area contributed by atoms with E-state index in [2.05, 4.69) is 0 Å². The van der Waals surface area contributed by atoms with Gasteiger partial charge in [-0.15, -0.1) is 0 Å². The van der Waals surface area contributed by atoms with Crippen molar-refractivity contribution in [1.82, 2.24) is 4.90 Å². The maximum Gasteiger partial charge on any atom is 0.254 e. The van der Waals surface area contributed by atoms with E-state index in [1.807, 2.05) is 0 Å². The molecule has 0 saturated heterocycles. The molecule has 0 spiro atoms. The molecule has 0 heterocycles. The first-order valence-electron chi connectivity index (χ1n) is 6.36. The van der Waals surface area contributed by atoms with Crippen LogP contribution in [-0.4, -0.2) is 45.5 Å². The van der Waals surface area contributed by atoms with Crippen molar-refractivity contribution in [3.8, 4) is 0 Å². The molecule has 2 N–H and O–H groups in total. The summed E-state index contributed by atoms with van der Waals surface area (Å²) in [7, 11) is -2.13. The fourth-order valence-corrected chi connectivity index (χ4v) is 2.49. The normalized spacial score (nSPS) is 15.1. The molecule has 1 aromatic rings. The van der Waals surface area contributed by atoms with Gasteiger partial charge in [0.1, 0.15) is 0 Å². The number of rotatable bonds is 6. The van der Waals surface area contributed by atoms with Crippen LogP contribution in [0, 0.1) is 0 Å². The van der Waals surface area contributed by atoms with Crippen molar-refractivity contribution in [3.63, 3.8) is 0 Å². The largest absolute Gasteiger partial charge is 0.383 e. The number of benzene rings is 1. The molecule has 1 aliphatic rings. The lowest BCUT2D eigenvalue weighted by atomic mass is 10.2. The standard InChI is InChI=1S/C13H18N2O4S/c1-19-9-8-15(11-4-5-11)13(16)10-2-6-12(7-3-10)20(14,17)18/h2-3,6-7,11H,4-5,8-9H2,1H3,(H2,14,17,18). The van der Waals surface area contributed by atoms with Crippen molar-refractivity contribution in [2.75, 3.05) is 20.3 Å². The molecule has 0 aromatic heterocycles. The van der Waals surface area contributed by atoms with E-state index < -0.39 is 10.0 Å². The topological polar surface area (TPSA) is 89.7 Å². The highest BCUT2D eigenvalue weighted by atomic mass is 32.2. The Labute approximate surface area is 118 Å². The van der Waals surface area contributed by atoms with E-state index in [1.165, 1.54) is 24.3 Å². The van der Waals surface area contributed by atoms with Gasteiger partial charge in [0.25, 0.3) is 5.91 Å². The van der Waals surface area contributed by atoms with Crippen LogP contribution in [0.1, 0.15) is 23.2 Å². The molecule has 1 fully saturated rings. The van der Waals surface area contributed by atoms with Gasteiger partial charge in [-0.25, -0.2) is 13.6 Å². The van der Waals surface area contributed by atoms with Crippen LogP contribution in [0.5, 0.6) is 0 Å². The van der Waals surface area contributed by atoms with Crippen LogP contribution >= 0.6 is 0 Å². The summed E-state index contributed by atoms with van der Waals surface area (Å²) in [5, 5.41) is 5.03. The van der Waals surface area contributed by atoms with Crippen LogP contribution in [0.15, 0.2) is 29.2 Å². The summed E-state index contributed by atoms with van der Waals surface area (Å²) in [5.41, 5.74) is 0.459. The zero-order valence-corrected chi connectivity index (χ0v) is 12.1. The molecule has 6 nitrogen and oxygen atoms in total. The lowest BCUT2D eigenvalue weighted by molar-refractivity contribution is 0.0680. The zero-order valence-electron chi connectivity index (χ0n) is 11.3. The van der Waals surface area contributed by atoms with Crippen molar-refractivity contribution >= 4 is 15.9 Å². The minimum absolute atomic E-state index is 0.00362. The van der Waals surface area contributed by atoms with E-state index in [0.29, 0.717) is 18.7 Å². The van der Waals surface area contributed by atoms with Gasteiger partial charge >= 0.3 is 0 Å². The van der Waals surface area contributed by atoms with Crippen LogP contribution in [0.25, 0.3) is 0 Å². The summed E-state index contributed by atoms with van der Waals surface area (Å²) in [4.78, 5) is 14.2. The number of carbonyl (C=O) groups excluding carboxylic acids is 1. The first-order chi connectivity index (χ1) is 9.43. The number of hydrogen-bond acceptors (Lipinski definition) is 4. The lowest BCUT2D eigenvalue weighted by Crippen LogP contribution is -2.35. The molecule has 1 saturated carbocycles. The molecule has 0 unspecified atom stereocenters. The SMILES string of the molecule is COCCN(C(=O)c1ccc(S(N)(=O)=O)cc1)C1CC1. The Hall–Kier alpha value is -1.44. The van der Waals surface area contributed by atoms with Gasteiger partial charge in [-0.05, 0) is 37.1 Å². The number of nitrogens with two attached hydrogens (primary N) is 1. The summed E-state index contributed by atoms with van der Waals surface area (Å²) >= 11 is 0. The fourth-order valence-electron chi connectivity index (χ4n) is 1.98. The number of hydrogen-bond donors (Lipinski definition) is 1. The number of carbonyl (C=O) groups is 1. The number of amides is 1. The predicted octanol–water partition coefficient (Wildman–Crippen LogP) is 0.585. The number of ether oxygens (including phenoxy) is 1. The fraction of sp³-hybridized carbons (Fsp3) is 0.462. The highest BCUT2D eigenvalue weighted by molar-refractivity contribution is 7.89. The molecule has 0 atom stereocenters. The average molecular weight is 298 g/mol. The Kier molecular flexibility index (Phi) is 4.42. The van der Waals surface area contributed by atoms with Crippen LogP contribution in [0.3, 0.4) is 0 Å². The molecule has 0 aliphatic heterocycles. The molecule has 0 radical (unpaired) electrons. The second-order valence-corrected chi connectivity index (χ2v) is 6.35. The highest BCUT2D eigenvalue weighted by Crippen LogP contribution is 2.28. The van der Waals surface area contributed by atoms with Gasteiger partial charge in [-0.3, -0.25) is 4.79 Å². The van der Waals surface area contributed by atoms with Crippen molar-refractivity contribution in [3.05, 3.63) is 29.8 Å². The molecule has 1 aromatic carbocycles. The monoisotopic (exact) mass is 298 g/mol. The maximum absolute atomic E-state index is 12.4. The Morgan fingerprint density at radius 2 is 1.95 bits per heavy atom. The Morgan fingerprint density at radius 3 is 2.40 bits per heavy atom. The first-order valence-corrected chi connectivity index (χ1v) is 7.91. The quantitative estimate of drug-likeness (QED) is 0.832. The van der Waals surface area contributed by atoms with Gasteiger partial charge in [-0.2, -0.15) is 0 Å². The lowest BCUT2D eigenvalue weighted by Gasteiger charge is -2.22. The minimum atomic E-state index is -3.73. The average Bonchev–Trinajstić information content (AvgIpc) is 3.23. The van der Waals surface area contributed by atoms with Crippen LogP contribution in [0.4, 0.5) is 0 Å². The molecule has 2 rings (SSSR count). The Balaban J connectivity index is 2.15. The third-order valence-electron chi connectivity index (χ3n) is 3.21. The third kappa shape index (κ3) is 3.56. The number of nitrogens with zero attached hydrogens (tertiary/aromatic N) is 1. The second-order valence-electron chi connectivity index (χ2n) is 4.79. The Bertz CT molecular complexity index is 579. The molecule has 1 amide bonds. The summed E-state index contributed by atoms with van der Waals surface area (Å²) in [6.45, 7) is 1.02. The van der Waals surface area contributed by atoms with E-state index in [-0.39, 0.29) is 16.8 Å².